The van der Waals surface area contributed by atoms with Gasteiger partial charge in [0.25, 0.3) is 0 Å². The van der Waals surface area contributed by atoms with Crippen molar-refractivity contribution >= 4 is 0 Å². The van der Waals surface area contributed by atoms with Crippen molar-refractivity contribution in [1.29, 1.82) is 0 Å². The van der Waals surface area contributed by atoms with Crippen LogP contribution in [0.2, 0.25) is 0 Å². The first-order valence-corrected chi connectivity index (χ1v) is 6.47. The molecule has 0 aromatic heterocycles. The van der Waals surface area contributed by atoms with E-state index in [1.54, 1.807) is 0 Å². The van der Waals surface area contributed by atoms with Crippen LogP contribution in [0.4, 0.5) is 13.2 Å². The second kappa shape index (κ2) is 6.63. The van der Waals surface area contributed by atoms with Crippen LogP contribution in [-0.2, 0) is 12.6 Å². The van der Waals surface area contributed by atoms with Gasteiger partial charge in [0.2, 0.25) is 0 Å². The van der Waals surface area contributed by atoms with Gasteiger partial charge in [-0.15, -0.1) is 0 Å². The number of aliphatic hydroxyl groups is 1. The van der Waals surface area contributed by atoms with E-state index in [0.717, 1.165) is 17.7 Å². The molecule has 0 radical (unpaired) electrons. The first kappa shape index (κ1) is 15.4. The third kappa shape index (κ3) is 4.79. The normalized spacial score (nSPS) is 13.0. The molecule has 2 nitrogen and oxygen atoms in total. The molecule has 0 spiro atoms. The highest BCUT2D eigenvalue weighted by molar-refractivity contribution is 5.28. The lowest BCUT2D eigenvalue weighted by atomic mass is 10.1. The van der Waals surface area contributed by atoms with Crippen LogP contribution in [0, 0.1) is 0 Å². The average Bonchev–Trinajstić information content (AvgIpc) is 2.46. The van der Waals surface area contributed by atoms with Crippen LogP contribution < -0.4 is 4.74 Å². The Morgan fingerprint density at radius 3 is 2.14 bits per heavy atom. The lowest BCUT2D eigenvalue weighted by Crippen LogP contribution is -2.20. The lowest BCUT2D eigenvalue weighted by Gasteiger charge is -2.13. The maximum absolute atomic E-state index is 12.4. The first-order chi connectivity index (χ1) is 9.95. The second-order valence-electron chi connectivity index (χ2n) is 4.68. The van der Waals surface area contributed by atoms with Crippen LogP contribution >= 0.6 is 0 Å². The molecule has 21 heavy (non-hydrogen) atoms. The van der Waals surface area contributed by atoms with Crippen LogP contribution in [-0.4, -0.2) is 17.8 Å². The van der Waals surface area contributed by atoms with Gasteiger partial charge >= 0.3 is 6.18 Å². The fourth-order valence-electron chi connectivity index (χ4n) is 1.88. The van der Waals surface area contributed by atoms with Crippen LogP contribution in [0.3, 0.4) is 0 Å². The van der Waals surface area contributed by atoms with E-state index < -0.39 is 17.8 Å². The number of rotatable bonds is 5. The van der Waals surface area contributed by atoms with Crippen molar-refractivity contribution in [1.82, 2.24) is 0 Å². The van der Waals surface area contributed by atoms with Crippen molar-refractivity contribution in [3.05, 3.63) is 65.7 Å². The van der Waals surface area contributed by atoms with Gasteiger partial charge in [-0.1, -0.05) is 30.3 Å². The number of aliphatic hydroxyl groups excluding tert-OH is 1. The van der Waals surface area contributed by atoms with Crippen molar-refractivity contribution in [2.75, 3.05) is 6.61 Å². The Balaban J connectivity index is 1.85. The Hall–Kier alpha value is -2.01. The molecular formula is C16H15F3O2. The summed E-state index contributed by atoms with van der Waals surface area (Å²) in [5.74, 6) is 0.301. The van der Waals surface area contributed by atoms with Gasteiger partial charge in [-0.3, -0.25) is 0 Å². The van der Waals surface area contributed by atoms with E-state index in [4.69, 9.17) is 4.74 Å². The minimum absolute atomic E-state index is 0.0280. The Morgan fingerprint density at radius 2 is 1.57 bits per heavy atom. The summed E-state index contributed by atoms with van der Waals surface area (Å²) in [6.07, 6.45) is -4.64. The molecule has 1 atom stereocenters. The zero-order valence-corrected chi connectivity index (χ0v) is 11.2. The minimum atomic E-state index is -4.36. The topological polar surface area (TPSA) is 29.5 Å². The molecule has 0 saturated heterocycles. The quantitative estimate of drug-likeness (QED) is 0.912. The summed E-state index contributed by atoms with van der Waals surface area (Å²) < 4.78 is 42.5. The Bertz CT molecular complexity index is 550. The highest BCUT2D eigenvalue weighted by Gasteiger charge is 2.30. The molecular weight excluding hydrogens is 281 g/mol. The second-order valence-corrected chi connectivity index (χ2v) is 4.68. The number of hydrogen-bond acceptors (Lipinski definition) is 2. The van der Waals surface area contributed by atoms with Crippen molar-refractivity contribution in [3.63, 3.8) is 0 Å². The summed E-state index contributed by atoms with van der Waals surface area (Å²) >= 11 is 0. The van der Waals surface area contributed by atoms with E-state index >= 15 is 0 Å². The van der Waals surface area contributed by atoms with E-state index in [2.05, 4.69) is 0 Å². The summed E-state index contributed by atoms with van der Waals surface area (Å²) in [4.78, 5) is 0. The van der Waals surface area contributed by atoms with Gasteiger partial charge in [-0.2, -0.15) is 13.2 Å². The summed E-state index contributed by atoms with van der Waals surface area (Å²) in [5, 5.41) is 9.84. The summed E-state index contributed by atoms with van der Waals surface area (Å²) in [6.45, 7) is 0.0280. The van der Waals surface area contributed by atoms with Gasteiger partial charge in [0.1, 0.15) is 12.4 Å². The summed E-state index contributed by atoms with van der Waals surface area (Å²) in [7, 11) is 0. The highest BCUT2D eigenvalue weighted by atomic mass is 19.4. The molecule has 1 N–H and O–H groups in total. The smallest absolute Gasteiger partial charge is 0.416 e. The Kier molecular flexibility index (Phi) is 4.85. The zero-order chi connectivity index (χ0) is 15.3. The first-order valence-electron chi connectivity index (χ1n) is 6.47. The Labute approximate surface area is 120 Å². The molecule has 0 heterocycles. The number of ether oxygens (including phenoxy) is 1. The third-order valence-corrected chi connectivity index (χ3v) is 2.94. The van der Waals surface area contributed by atoms with Gasteiger partial charge < -0.3 is 9.84 Å². The van der Waals surface area contributed by atoms with Gasteiger partial charge in [-0.25, -0.2) is 0 Å². The fourth-order valence-corrected chi connectivity index (χ4v) is 1.88. The summed E-state index contributed by atoms with van der Waals surface area (Å²) in [5.41, 5.74) is 0.251. The molecule has 0 bridgehead atoms. The largest absolute Gasteiger partial charge is 0.491 e. The third-order valence-electron chi connectivity index (χ3n) is 2.94. The van der Waals surface area contributed by atoms with Crippen LogP contribution in [0.15, 0.2) is 54.6 Å². The predicted octanol–water partition coefficient (Wildman–Crippen LogP) is 3.69. The highest BCUT2D eigenvalue weighted by Crippen LogP contribution is 2.30. The standard InChI is InChI=1S/C16H15F3O2/c17-16(18,19)13-6-8-15(9-7-13)21-11-14(20)10-12-4-2-1-3-5-12/h1-9,14,20H,10-11H2. The van der Waals surface area contributed by atoms with Crippen molar-refractivity contribution in [2.45, 2.75) is 18.7 Å². The van der Waals surface area contributed by atoms with Crippen molar-refractivity contribution < 1.29 is 23.0 Å². The van der Waals surface area contributed by atoms with E-state index in [1.165, 1.54) is 12.1 Å². The molecule has 0 aliphatic carbocycles. The van der Waals surface area contributed by atoms with Crippen LogP contribution in [0.25, 0.3) is 0 Å². The zero-order valence-electron chi connectivity index (χ0n) is 11.2. The van der Waals surface area contributed by atoms with Gasteiger partial charge in [0.05, 0.1) is 11.7 Å². The SMILES string of the molecule is OC(COc1ccc(C(F)(F)F)cc1)Cc1ccccc1. The molecule has 5 heteroatoms. The van der Waals surface area contributed by atoms with Gasteiger partial charge in [-0.05, 0) is 29.8 Å². The molecule has 0 aliphatic heterocycles. The molecule has 112 valence electrons. The maximum Gasteiger partial charge on any atom is 0.416 e. The fraction of sp³-hybridized carbons (Fsp3) is 0.250. The lowest BCUT2D eigenvalue weighted by molar-refractivity contribution is -0.137. The molecule has 0 amide bonds. The van der Waals surface area contributed by atoms with E-state index in [-0.39, 0.29) is 6.61 Å². The molecule has 2 rings (SSSR count). The van der Waals surface area contributed by atoms with E-state index in [9.17, 15) is 18.3 Å². The average molecular weight is 296 g/mol. The number of alkyl halides is 3. The molecule has 1 unspecified atom stereocenters. The monoisotopic (exact) mass is 296 g/mol. The number of halogens is 3. The summed E-state index contributed by atoms with van der Waals surface area (Å²) in [6, 6.07) is 13.8. The number of hydrogen-bond donors (Lipinski definition) is 1. The molecule has 0 fully saturated rings. The Morgan fingerprint density at radius 1 is 0.952 bits per heavy atom. The van der Waals surface area contributed by atoms with E-state index in [0.29, 0.717) is 12.2 Å². The number of benzene rings is 2. The van der Waals surface area contributed by atoms with Crippen LogP contribution in [0.1, 0.15) is 11.1 Å². The van der Waals surface area contributed by atoms with Crippen molar-refractivity contribution in [2.24, 2.45) is 0 Å². The molecule has 0 saturated carbocycles. The maximum atomic E-state index is 12.4. The van der Waals surface area contributed by atoms with Gasteiger partial charge in [0, 0.05) is 6.42 Å². The molecule has 2 aromatic rings. The van der Waals surface area contributed by atoms with Gasteiger partial charge in [0.15, 0.2) is 0 Å². The van der Waals surface area contributed by atoms with E-state index in [1.807, 2.05) is 30.3 Å². The minimum Gasteiger partial charge on any atom is -0.491 e. The molecule has 0 aliphatic rings. The predicted molar refractivity (Wildman–Crippen MR) is 73.1 cm³/mol. The van der Waals surface area contributed by atoms with Crippen molar-refractivity contribution in [3.8, 4) is 5.75 Å². The molecule has 2 aromatic carbocycles. The van der Waals surface area contributed by atoms with Crippen LogP contribution in [0.5, 0.6) is 5.75 Å².